The van der Waals surface area contributed by atoms with E-state index in [0.29, 0.717) is 48.3 Å². The number of hydrogen-bond acceptors (Lipinski definition) is 11. The van der Waals surface area contributed by atoms with Crippen molar-refractivity contribution in [3.63, 3.8) is 0 Å². The summed E-state index contributed by atoms with van der Waals surface area (Å²) in [5.41, 5.74) is 5.50. The lowest BCUT2D eigenvalue weighted by Gasteiger charge is -2.31. The first kappa shape index (κ1) is 46.0. The summed E-state index contributed by atoms with van der Waals surface area (Å²) in [6, 6.07) is 14.4. The van der Waals surface area contributed by atoms with Crippen LogP contribution in [0.25, 0.3) is 0 Å². The van der Waals surface area contributed by atoms with E-state index < -0.39 is 13.6 Å². The quantitative estimate of drug-likeness (QED) is 0.0938. The molecule has 2 aliphatic carbocycles. The van der Waals surface area contributed by atoms with E-state index in [0.717, 1.165) is 54.5 Å². The Balaban J connectivity index is 0.000000193. The van der Waals surface area contributed by atoms with Gasteiger partial charge < -0.3 is 18.8 Å². The number of amides is 2. The molecule has 14 heteroatoms. The third-order valence-electron chi connectivity index (χ3n) is 12.9. The number of Topliss-reactive ketones (excluding diaryl/α,β-unsaturated/α-hetero) is 2. The maximum Gasteiger partial charge on any atom is 0.381 e. The van der Waals surface area contributed by atoms with Crippen LogP contribution in [0.5, 0.6) is 0 Å². The minimum absolute atomic E-state index is 0.0141. The van der Waals surface area contributed by atoms with Crippen LogP contribution in [0.2, 0.25) is 0 Å². The SMILES string of the molecule is CCOP(=O)(OCC)c1cnc(CC(=O)C(CC2CCCCC2)N2Cc3ccccc3C2=O)cn1.Cc1cnc(CC(=O)C(CC2CCCCC2)N2Cc3ccccc3C2=O)cn1. The van der Waals surface area contributed by atoms with Gasteiger partial charge in [-0.25, -0.2) is 4.98 Å². The fourth-order valence-corrected chi connectivity index (χ4v) is 11.0. The highest BCUT2D eigenvalue weighted by Gasteiger charge is 2.39. The van der Waals surface area contributed by atoms with Crippen molar-refractivity contribution in [3.8, 4) is 0 Å². The van der Waals surface area contributed by atoms with Gasteiger partial charge in [-0.05, 0) is 68.7 Å². The monoisotopic (exact) mass is 876 g/mol. The third-order valence-corrected chi connectivity index (χ3v) is 14.9. The molecule has 2 atom stereocenters. The maximum atomic E-state index is 13.6. The highest BCUT2D eigenvalue weighted by atomic mass is 31.2. The van der Waals surface area contributed by atoms with E-state index in [1.165, 1.54) is 50.9 Å². The van der Waals surface area contributed by atoms with Crippen LogP contribution in [0.3, 0.4) is 0 Å². The van der Waals surface area contributed by atoms with Crippen molar-refractivity contribution in [2.75, 3.05) is 13.2 Å². The van der Waals surface area contributed by atoms with Gasteiger partial charge >= 0.3 is 7.60 Å². The molecule has 2 saturated carbocycles. The van der Waals surface area contributed by atoms with E-state index in [9.17, 15) is 23.7 Å². The van der Waals surface area contributed by atoms with Gasteiger partial charge in [-0.2, -0.15) is 0 Å². The number of hydrogen-bond donors (Lipinski definition) is 0. The molecule has 2 aromatic carbocycles. The molecule has 2 unspecified atom stereocenters. The largest absolute Gasteiger partial charge is 0.381 e. The van der Waals surface area contributed by atoms with Crippen LogP contribution in [-0.4, -0.2) is 78.4 Å². The number of ketones is 2. The molecule has 63 heavy (non-hydrogen) atoms. The Bertz CT molecular complexity index is 2250. The van der Waals surface area contributed by atoms with Gasteiger partial charge in [0.05, 0.1) is 61.4 Å². The van der Waals surface area contributed by atoms with E-state index in [-0.39, 0.29) is 60.9 Å². The molecule has 0 radical (unpaired) electrons. The van der Waals surface area contributed by atoms with E-state index in [1.54, 1.807) is 36.0 Å². The van der Waals surface area contributed by atoms with Gasteiger partial charge in [0, 0.05) is 42.8 Å². The Morgan fingerprint density at radius 2 is 1.08 bits per heavy atom. The van der Waals surface area contributed by atoms with Crippen molar-refractivity contribution >= 4 is 36.4 Å². The van der Waals surface area contributed by atoms with Crippen LogP contribution < -0.4 is 5.44 Å². The summed E-state index contributed by atoms with van der Waals surface area (Å²) < 4.78 is 23.6. The van der Waals surface area contributed by atoms with Gasteiger partial charge in [0.25, 0.3) is 11.8 Å². The van der Waals surface area contributed by atoms with Gasteiger partial charge in [0.2, 0.25) is 0 Å². The molecule has 2 aliphatic heterocycles. The molecule has 0 spiro atoms. The van der Waals surface area contributed by atoms with Crippen molar-refractivity contribution in [3.05, 3.63) is 113 Å². The predicted molar refractivity (Wildman–Crippen MR) is 239 cm³/mol. The number of fused-ring (bicyclic) bond motifs is 2. The van der Waals surface area contributed by atoms with Gasteiger partial charge in [-0.1, -0.05) is 101 Å². The van der Waals surface area contributed by atoms with E-state index in [1.807, 2.05) is 55.5 Å². The lowest BCUT2D eigenvalue weighted by atomic mass is 9.83. The molecule has 0 saturated heterocycles. The lowest BCUT2D eigenvalue weighted by molar-refractivity contribution is -0.124. The van der Waals surface area contributed by atoms with Crippen LogP contribution in [0.15, 0.2) is 73.3 Å². The Labute approximate surface area is 371 Å². The summed E-state index contributed by atoms with van der Waals surface area (Å²) in [4.78, 5) is 73.8. The zero-order valence-electron chi connectivity index (χ0n) is 37.0. The maximum absolute atomic E-state index is 13.6. The van der Waals surface area contributed by atoms with Gasteiger partial charge in [-0.15, -0.1) is 0 Å². The van der Waals surface area contributed by atoms with Gasteiger partial charge in [0.1, 0.15) is 0 Å². The lowest BCUT2D eigenvalue weighted by Crippen LogP contribution is -2.43. The van der Waals surface area contributed by atoms with Gasteiger partial charge in [0.15, 0.2) is 17.0 Å². The van der Waals surface area contributed by atoms with Gasteiger partial charge in [-0.3, -0.25) is 38.7 Å². The summed E-state index contributed by atoms with van der Waals surface area (Å²) in [5, 5.41) is 0. The number of nitrogens with zero attached hydrogens (tertiary/aromatic N) is 6. The Hall–Kier alpha value is -4.97. The first-order valence-electron chi connectivity index (χ1n) is 22.9. The Kier molecular flexibility index (Phi) is 15.8. The Morgan fingerprint density at radius 3 is 1.48 bits per heavy atom. The molecular weight excluding hydrogens is 816 g/mol. The van der Waals surface area contributed by atoms with Crippen LogP contribution in [0.4, 0.5) is 0 Å². The number of rotatable bonds is 17. The first-order valence-corrected chi connectivity index (χ1v) is 24.4. The normalized spacial score (nSPS) is 17.8. The van der Waals surface area contributed by atoms with Crippen molar-refractivity contribution in [1.82, 2.24) is 29.7 Å². The topological polar surface area (TPSA) is 162 Å². The minimum Gasteiger partial charge on any atom is -0.324 e. The summed E-state index contributed by atoms with van der Waals surface area (Å²) >= 11 is 0. The highest BCUT2D eigenvalue weighted by molar-refractivity contribution is 7.61. The summed E-state index contributed by atoms with van der Waals surface area (Å²) in [6.07, 6.45) is 19.7. The number of carbonyl (C=O) groups excluding carboxylic acids is 4. The summed E-state index contributed by atoms with van der Waals surface area (Å²) in [7, 11) is -3.54. The molecular formula is C49H61N6O7P. The molecule has 0 bridgehead atoms. The second-order valence-electron chi connectivity index (χ2n) is 17.3. The average Bonchev–Trinajstić information content (AvgIpc) is 3.82. The second kappa shape index (κ2) is 21.6. The minimum atomic E-state index is -3.54. The molecule has 8 rings (SSSR count). The molecule has 2 fully saturated rings. The fraction of sp³-hybridized carbons (Fsp3) is 0.510. The molecule has 2 aromatic heterocycles. The summed E-state index contributed by atoms with van der Waals surface area (Å²) in [5.74, 6) is 0.890. The number of benzene rings is 2. The van der Waals surface area contributed by atoms with Crippen LogP contribution in [0.1, 0.15) is 140 Å². The molecule has 4 aliphatic rings. The molecule has 0 N–H and O–H groups in total. The molecule has 4 aromatic rings. The standard InChI is InChI=1S/C26H34N3O5P.C23H27N3O2/c1-3-33-35(32,34-4-2)25-17-27-21(16-28-25)15-24(30)23(14-19-10-6-5-7-11-19)29-18-20-12-8-9-13-22(20)26(29)31;1-16-13-25-19(14-24-16)12-22(27)21(11-17-7-3-2-4-8-17)26-15-18-9-5-6-10-20(18)23(26)28/h8-9,12-13,16-17,19,23H,3-7,10-11,14-15,18H2,1-2H3;5-6,9-10,13-14,17,21H,2-4,7-8,11-12,15H2,1H3. The second-order valence-corrected chi connectivity index (χ2v) is 19.3. The smallest absolute Gasteiger partial charge is 0.324 e. The van der Waals surface area contributed by atoms with Crippen molar-refractivity contribution in [2.45, 2.75) is 136 Å². The van der Waals surface area contributed by atoms with E-state index in [2.05, 4.69) is 19.9 Å². The first-order chi connectivity index (χ1) is 30.6. The number of aryl methyl sites for hydroxylation is 1. The van der Waals surface area contributed by atoms with E-state index >= 15 is 0 Å². The summed E-state index contributed by atoms with van der Waals surface area (Å²) in [6.45, 7) is 6.76. The zero-order chi connectivity index (χ0) is 44.3. The van der Waals surface area contributed by atoms with Crippen LogP contribution in [-0.2, 0) is 49.1 Å². The molecule has 2 amide bonds. The van der Waals surface area contributed by atoms with Crippen LogP contribution >= 0.6 is 7.60 Å². The van der Waals surface area contributed by atoms with Crippen LogP contribution in [0, 0.1) is 18.8 Å². The molecule has 4 heterocycles. The fourth-order valence-electron chi connectivity index (χ4n) is 9.59. The average molecular weight is 877 g/mol. The van der Waals surface area contributed by atoms with Crippen molar-refractivity contribution in [2.24, 2.45) is 11.8 Å². The predicted octanol–water partition coefficient (Wildman–Crippen LogP) is 8.37. The number of carbonyl (C=O) groups is 4. The third kappa shape index (κ3) is 11.4. The number of aromatic nitrogens is 4. The highest BCUT2D eigenvalue weighted by Crippen LogP contribution is 2.46. The zero-order valence-corrected chi connectivity index (χ0v) is 37.8. The van der Waals surface area contributed by atoms with Crippen molar-refractivity contribution < 1.29 is 32.8 Å². The van der Waals surface area contributed by atoms with E-state index in [4.69, 9.17) is 9.05 Å². The molecule has 13 nitrogen and oxygen atoms in total. The Morgan fingerprint density at radius 1 is 0.635 bits per heavy atom. The van der Waals surface area contributed by atoms with Crippen molar-refractivity contribution in [1.29, 1.82) is 0 Å². The molecule has 334 valence electrons.